The van der Waals surface area contributed by atoms with Crippen molar-refractivity contribution in [2.75, 3.05) is 5.32 Å². The van der Waals surface area contributed by atoms with Crippen molar-refractivity contribution in [2.24, 2.45) is 5.73 Å². The van der Waals surface area contributed by atoms with Gasteiger partial charge in [-0.1, -0.05) is 0 Å². The van der Waals surface area contributed by atoms with Gasteiger partial charge in [-0.05, 0) is 37.3 Å². The van der Waals surface area contributed by atoms with Crippen molar-refractivity contribution >= 4 is 28.2 Å². The molecule has 0 saturated carbocycles. The van der Waals surface area contributed by atoms with Crippen molar-refractivity contribution in [1.82, 2.24) is 10.2 Å². The minimum Gasteiger partial charge on any atom is -0.365 e. The molecule has 0 aromatic carbocycles. The molecule has 0 bridgehead atoms. The van der Waals surface area contributed by atoms with E-state index in [9.17, 15) is 14.4 Å². The number of nitrogens with zero attached hydrogens (tertiary/aromatic N) is 1. The summed E-state index contributed by atoms with van der Waals surface area (Å²) in [6, 6.07) is 2.54. The summed E-state index contributed by atoms with van der Waals surface area (Å²) in [6.07, 6.45) is 3.78. The second-order valence-corrected chi connectivity index (χ2v) is 6.15. The van der Waals surface area contributed by atoms with Gasteiger partial charge in [0.05, 0.1) is 5.56 Å². The number of anilines is 1. The standard InChI is InChI=1S/C14H14N4O3S/c15-12(20)11-7-3-1-2-4-9(7)22-14(11)16-13(21)8-5-6-10(19)18-17-8/h5-6H,1-4H2,(H2,15,20)(H,16,21)(H,18,19). The molecular formula is C14H14N4O3S. The molecular weight excluding hydrogens is 304 g/mol. The van der Waals surface area contributed by atoms with E-state index < -0.39 is 11.8 Å². The molecule has 0 spiro atoms. The number of nitrogens with two attached hydrogens (primary N) is 1. The lowest BCUT2D eigenvalue weighted by Crippen LogP contribution is -2.20. The quantitative estimate of drug-likeness (QED) is 0.784. The molecule has 7 nitrogen and oxygen atoms in total. The largest absolute Gasteiger partial charge is 0.365 e. The van der Waals surface area contributed by atoms with Gasteiger partial charge in [0.25, 0.3) is 17.4 Å². The third kappa shape index (κ3) is 2.64. The van der Waals surface area contributed by atoms with Gasteiger partial charge >= 0.3 is 0 Å². The molecule has 4 N–H and O–H groups in total. The third-order valence-corrected chi connectivity index (χ3v) is 4.76. The van der Waals surface area contributed by atoms with Crippen LogP contribution in [0.2, 0.25) is 0 Å². The van der Waals surface area contributed by atoms with Crippen LogP contribution in [-0.4, -0.2) is 22.0 Å². The average molecular weight is 318 g/mol. The van der Waals surface area contributed by atoms with Crippen LogP contribution >= 0.6 is 11.3 Å². The van der Waals surface area contributed by atoms with Crippen LogP contribution in [0.5, 0.6) is 0 Å². The molecule has 8 heteroatoms. The minimum atomic E-state index is -0.538. The lowest BCUT2D eigenvalue weighted by molar-refractivity contribution is 0.100. The van der Waals surface area contributed by atoms with E-state index in [1.54, 1.807) is 0 Å². The molecule has 2 heterocycles. The third-order valence-electron chi connectivity index (χ3n) is 3.56. The first kappa shape index (κ1) is 14.5. The van der Waals surface area contributed by atoms with Crippen molar-refractivity contribution in [2.45, 2.75) is 25.7 Å². The number of nitrogens with one attached hydrogen (secondary N) is 2. The summed E-state index contributed by atoms with van der Waals surface area (Å²) in [5, 5.41) is 9.00. The first-order valence-corrected chi connectivity index (χ1v) is 7.69. The Morgan fingerprint density at radius 3 is 2.73 bits per heavy atom. The number of amides is 2. The Hall–Kier alpha value is -2.48. The van der Waals surface area contributed by atoms with Gasteiger partial charge in [-0.15, -0.1) is 11.3 Å². The monoisotopic (exact) mass is 318 g/mol. The van der Waals surface area contributed by atoms with Crippen LogP contribution in [0.3, 0.4) is 0 Å². The number of hydrogen-bond donors (Lipinski definition) is 3. The van der Waals surface area contributed by atoms with Crippen LogP contribution in [0.25, 0.3) is 0 Å². The number of fused-ring (bicyclic) bond motifs is 1. The van der Waals surface area contributed by atoms with E-state index in [4.69, 9.17) is 5.73 Å². The predicted octanol–water partition coefficient (Wildman–Crippen LogP) is 1.06. The molecule has 0 saturated heterocycles. The number of H-pyrrole nitrogens is 1. The van der Waals surface area contributed by atoms with Crippen LogP contribution in [0, 0.1) is 0 Å². The zero-order valence-corrected chi connectivity index (χ0v) is 12.5. The van der Waals surface area contributed by atoms with E-state index in [0.29, 0.717) is 10.6 Å². The smallest absolute Gasteiger partial charge is 0.276 e. The van der Waals surface area contributed by atoms with Gasteiger partial charge < -0.3 is 11.1 Å². The highest BCUT2D eigenvalue weighted by molar-refractivity contribution is 7.17. The summed E-state index contributed by atoms with van der Waals surface area (Å²) in [4.78, 5) is 36.0. The molecule has 2 amide bonds. The SMILES string of the molecule is NC(=O)c1c(NC(=O)c2ccc(=O)[nH]n2)sc2c1CCCC2. The fraction of sp³-hybridized carbons (Fsp3) is 0.286. The van der Waals surface area contributed by atoms with Gasteiger partial charge in [-0.25, -0.2) is 5.10 Å². The Balaban J connectivity index is 1.93. The second-order valence-electron chi connectivity index (χ2n) is 5.04. The Morgan fingerprint density at radius 2 is 2.05 bits per heavy atom. The number of aromatic nitrogens is 2. The number of hydrogen-bond acceptors (Lipinski definition) is 5. The van der Waals surface area contributed by atoms with Gasteiger partial charge in [0.15, 0.2) is 0 Å². The van der Waals surface area contributed by atoms with Gasteiger partial charge in [0.1, 0.15) is 10.7 Å². The number of aryl methyl sites for hydroxylation is 1. The zero-order chi connectivity index (χ0) is 15.7. The molecule has 2 aromatic heterocycles. The molecule has 0 radical (unpaired) electrons. The van der Waals surface area contributed by atoms with Crippen molar-refractivity contribution in [3.05, 3.63) is 44.2 Å². The van der Waals surface area contributed by atoms with Gasteiger partial charge in [0, 0.05) is 10.9 Å². The Labute approximate surface area is 129 Å². The molecule has 0 unspecified atom stereocenters. The summed E-state index contributed by atoms with van der Waals surface area (Å²) in [6.45, 7) is 0. The number of primary amides is 1. The molecule has 114 valence electrons. The maximum absolute atomic E-state index is 12.2. The summed E-state index contributed by atoms with van der Waals surface area (Å²) in [5.41, 5.74) is 6.51. The molecule has 0 aliphatic heterocycles. The second kappa shape index (κ2) is 5.72. The first-order valence-electron chi connectivity index (χ1n) is 6.87. The van der Waals surface area contributed by atoms with E-state index in [1.807, 2.05) is 0 Å². The normalized spacial score (nSPS) is 13.5. The predicted molar refractivity (Wildman–Crippen MR) is 82.3 cm³/mol. The number of aromatic amines is 1. The van der Waals surface area contributed by atoms with Gasteiger partial charge in [0.2, 0.25) is 0 Å². The van der Waals surface area contributed by atoms with Crippen molar-refractivity contribution < 1.29 is 9.59 Å². The average Bonchev–Trinajstić information content (AvgIpc) is 2.85. The van der Waals surface area contributed by atoms with Gasteiger partial charge in [-0.2, -0.15) is 5.10 Å². The summed E-state index contributed by atoms with van der Waals surface area (Å²) in [7, 11) is 0. The fourth-order valence-electron chi connectivity index (χ4n) is 2.55. The highest BCUT2D eigenvalue weighted by Gasteiger charge is 2.25. The summed E-state index contributed by atoms with van der Waals surface area (Å²) >= 11 is 1.38. The van der Waals surface area contributed by atoms with Crippen LogP contribution in [0.15, 0.2) is 16.9 Å². The van der Waals surface area contributed by atoms with Crippen LogP contribution < -0.4 is 16.6 Å². The van der Waals surface area contributed by atoms with Crippen molar-refractivity contribution in [1.29, 1.82) is 0 Å². The topological polar surface area (TPSA) is 118 Å². The van der Waals surface area contributed by atoms with Crippen LogP contribution in [0.1, 0.15) is 44.1 Å². The van der Waals surface area contributed by atoms with Crippen LogP contribution in [0.4, 0.5) is 5.00 Å². The van der Waals surface area contributed by atoms with Crippen LogP contribution in [-0.2, 0) is 12.8 Å². The summed E-state index contributed by atoms with van der Waals surface area (Å²) < 4.78 is 0. The number of rotatable bonds is 3. The molecule has 1 aliphatic carbocycles. The zero-order valence-electron chi connectivity index (χ0n) is 11.6. The Kier molecular flexibility index (Phi) is 3.76. The van der Waals surface area contributed by atoms with E-state index >= 15 is 0 Å². The Morgan fingerprint density at radius 1 is 1.27 bits per heavy atom. The molecule has 3 rings (SSSR count). The lowest BCUT2D eigenvalue weighted by Gasteiger charge is -2.11. The first-order chi connectivity index (χ1) is 10.6. The highest BCUT2D eigenvalue weighted by atomic mass is 32.1. The highest BCUT2D eigenvalue weighted by Crippen LogP contribution is 2.37. The number of carbonyl (C=O) groups is 2. The molecule has 1 aliphatic rings. The number of thiophene rings is 1. The molecule has 0 atom stereocenters. The van der Waals surface area contributed by atoms with Gasteiger partial charge in [-0.3, -0.25) is 14.4 Å². The molecule has 22 heavy (non-hydrogen) atoms. The minimum absolute atomic E-state index is 0.0707. The van der Waals surface area contributed by atoms with E-state index in [0.717, 1.165) is 36.1 Å². The van der Waals surface area contributed by atoms with Crippen molar-refractivity contribution in [3.63, 3.8) is 0 Å². The fourth-order valence-corrected chi connectivity index (χ4v) is 3.84. The molecule has 2 aromatic rings. The van der Waals surface area contributed by atoms with Crippen molar-refractivity contribution in [3.8, 4) is 0 Å². The Bertz CT molecular complexity index is 788. The maximum atomic E-state index is 12.2. The molecule has 0 fully saturated rings. The lowest BCUT2D eigenvalue weighted by atomic mass is 9.95. The summed E-state index contributed by atoms with van der Waals surface area (Å²) in [5.74, 6) is -1.03. The number of carbonyl (C=O) groups excluding carboxylic acids is 2. The van der Waals surface area contributed by atoms with E-state index in [2.05, 4.69) is 15.5 Å². The van der Waals surface area contributed by atoms with E-state index in [1.165, 1.54) is 23.5 Å². The van der Waals surface area contributed by atoms with E-state index in [-0.39, 0.29) is 11.3 Å². The maximum Gasteiger partial charge on any atom is 0.276 e.